The van der Waals surface area contributed by atoms with Crippen molar-refractivity contribution in [3.8, 4) is 0 Å². The minimum atomic E-state index is -1.60. The van der Waals surface area contributed by atoms with E-state index in [0.717, 1.165) is 25.9 Å². The summed E-state index contributed by atoms with van der Waals surface area (Å²) in [6.07, 6.45) is 4.65. The lowest BCUT2D eigenvalue weighted by atomic mass is 9.79. The van der Waals surface area contributed by atoms with E-state index in [1.54, 1.807) is 42.5 Å². The summed E-state index contributed by atoms with van der Waals surface area (Å²) in [7, 11) is 3.09. The molecule has 0 spiro atoms. The zero-order chi connectivity index (χ0) is 34.8. The van der Waals surface area contributed by atoms with Gasteiger partial charge in [-0.05, 0) is 57.0 Å². The number of carbonyl (C=O) groups is 3. The van der Waals surface area contributed by atoms with Crippen molar-refractivity contribution in [2.24, 2.45) is 0 Å². The molecule has 0 radical (unpaired) electrons. The third-order valence-corrected chi connectivity index (χ3v) is 12.5. The summed E-state index contributed by atoms with van der Waals surface area (Å²) in [6, 6.07) is 15.5. The first kappa shape index (κ1) is 35.6. The lowest BCUT2D eigenvalue weighted by Crippen LogP contribution is -2.56. The number of esters is 2. The SMILES string of the molecule is COC(=O)C1=C(CC(=O)N2CCN(C3C[C@H]4CC[C@@H](C3)N4C)CC2)NC(C[S@](=O)c2ccccc2)=C(C(=O)OC)[C@H]1c1c(Cl)cccc1Cl. The van der Waals surface area contributed by atoms with E-state index in [4.69, 9.17) is 32.7 Å². The maximum Gasteiger partial charge on any atom is 0.336 e. The number of methoxy groups -OCH3 is 2. The molecular formula is C36H42Cl2N4O6S. The maximum atomic E-state index is 14.0. The molecule has 2 aromatic rings. The van der Waals surface area contributed by atoms with E-state index in [1.807, 2.05) is 11.0 Å². The molecule has 0 saturated carbocycles. The molecule has 1 N–H and O–H groups in total. The van der Waals surface area contributed by atoms with Crippen molar-refractivity contribution in [3.63, 3.8) is 0 Å². The summed E-state index contributed by atoms with van der Waals surface area (Å²) in [4.78, 5) is 48.7. The maximum absolute atomic E-state index is 14.0. The molecule has 49 heavy (non-hydrogen) atoms. The van der Waals surface area contributed by atoms with Crippen molar-refractivity contribution in [2.75, 3.05) is 53.2 Å². The van der Waals surface area contributed by atoms with E-state index in [-0.39, 0.29) is 56.2 Å². The van der Waals surface area contributed by atoms with E-state index in [9.17, 15) is 18.6 Å². The molecule has 6 rings (SSSR count). The van der Waals surface area contributed by atoms with Crippen LogP contribution in [0.2, 0.25) is 10.0 Å². The molecular weight excluding hydrogens is 687 g/mol. The Labute approximate surface area is 299 Å². The van der Waals surface area contributed by atoms with Crippen LogP contribution in [0.25, 0.3) is 0 Å². The average molecular weight is 730 g/mol. The monoisotopic (exact) mass is 728 g/mol. The highest BCUT2D eigenvalue weighted by Gasteiger charge is 2.44. The number of carbonyl (C=O) groups excluding carboxylic acids is 3. The highest BCUT2D eigenvalue weighted by Crippen LogP contribution is 2.45. The molecule has 4 heterocycles. The molecule has 1 unspecified atom stereocenters. The normalized spacial score (nSPS) is 25.2. The molecule has 1 amide bonds. The fraction of sp³-hybridized carbons (Fsp3) is 0.472. The molecule has 10 nitrogen and oxygen atoms in total. The van der Waals surface area contributed by atoms with Crippen molar-refractivity contribution in [1.29, 1.82) is 0 Å². The minimum Gasteiger partial charge on any atom is -0.466 e. The number of benzene rings is 2. The molecule has 262 valence electrons. The van der Waals surface area contributed by atoms with Gasteiger partial charge in [-0.1, -0.05) is 47.5 Å². The van der Waals surface area contributed by atoms with Gasteiger partial charge in [-0.25, -0.2) is 9.59 Å². The molecule has 2 bridgehead atoms. The van der Waals surface area contributed by atoms with Crippen LogP contribution in [0.5, 0.6) is 0 Å². The van der Waals surface area contributed by atoms with Crippen LogP contribution in [0.1, 0.15) is 43.6 Å². The quantitative estimate of drug-likeness (QED) is 0.374. The Hall–Kier alpha value is -3.22. The summed E-state index contributed by atoms with van der Waals surface area (Å²) in [5.74, 6) is -3.00. The number of halogens is 2. The van der Waals surface area contributed by atoms with Crippen molar-refractivity contribution < 1.29 is 28.1 Å². The van der Waals surface area contributed by atoms with Crippen LogP contribution in [0.3, 0.4) is 0 Å². The largest absolute Gasteiger partial charge is 0.466 e. The number of nitrogens with zero attached hydrogens (tertiary/aromatic N) is 3. The van der Waals surface area contributed by atoms with Gasteiger partial charge in [-0.3, -0.25) is 13.9 Å². The summed E-state index contributed by atoms with van der Waals surface area (Å²) in [5.41, 5.74) is 0.786. The molecule has 3 saturated heterocycles. The van der Waals surface area contributed by atoms with Gasteiger partial charge in [0, 0.05) is 76.2 Å². The number of piperazine rings is 1. The molecule has 4 aliphatic rings. The Kier molecular flexibility index (Phi) is 11.2. The fourth-order valence-electron chi connectivity index (χ4n) is 7.91. The number of fused-ring (bicyclic) bond motifs is 2. The summed E-state index contributed by atoms with van der Waals surface area (Å²) >= 11 is 13.4. The Balaban J connectivity index is 1.32. The first-order valence-corrected chi connectivity index (χ1v) is 18.7. The second-order valence-electron chi connectivity index (χ2n) is 13.0. The summed E-state index contributed by atoms with van der Waals surface area (Å²) in [5, 5.41) is 3.60. The van der Waals surface area contributed by atoms with Gasteiger partial charge in [0.15, 0.2) is 0 Å². The number of amides is 1. The smallest absolute Gasteiger partial charge is 0.336 e. The molecule has 0 aliphatic carbocycles. The van der Waals surface area contributed by atoms with Gasteiger partial charge in [0.05, 0.1) is 54.3 Å². The van der Waals surface area contributed by atoms with Gasteiger partial charge in [0.25, 0.3) is 0 Å². The van der Waals surface area contributed by atoms with Gasteiger partial charge in [0.1, 0.15) is 0 Å². The van der Waals surface area contributed by atoms with Crippen LogP contribution in [0, 0.1) is 0 Å². The molecule has 3 fully saturated rings. The predicted octanol–water partition coefficient (Wildman–Crippen LogP) is 4.50. The van der Waals surface area contributed by atoms with Crippen molar-refractivity contribution in [2.45, 2.75) is 61.0 Å². The van der Waals surface area contributed by atoms with Gasteiger partial charge in [0.2, 0.25) is 5.91 Å². The van der Waals surface area contributed by atoms with Gasteiger partial charge >= 0.3 is 11.9 Å². The zero-order valence-corrected chi connectivity index (χ0v) is 30.3. The number of hydrogen-bond donors (Lipinski definition) is 1. The van der Waals surface area contributed by atoms with Crippen LogP contribution in [-0.2, 0) is 34.7 Å². The molecule has 5 atom stereocenters. The molecule has 2 aromatic carbocycles. The number of hydrogen-bond acceptors (Lipinski definition) is 9. The van der Waals surface area contributed by atoms with Crippen LogP contribution in [0.4, 0.5) is 0 Å². The van der Waals surface area contributed by atoms with E-state index >= 15 is 0 Å². The standard InChI is InChI=1S/C36H42Cl2N4O6S/c1-40-22-12-13-23(40)19-24(18-22)41-14-16-42(17-15-41)30(43)20-28-32(35(44)47-2)34(31-26(37)10-7-11-27(31)38)33(36(45)48-3)29(39-28)21-49(46)25-8-5-4-6-9-25/h4-11,22-24,34,39H,12-21H2,1-3H3/t22-,23+,24?,34-,49-/m0/s1. The lowest BCUT2D eigenvalue weighted by Gasteiger charge is -2.45. The highest BCUT2D eigenvalue weighted by molar-refractivity contribution is 7.85. The Morgan fingerprint density at radius 3 is 1.96 bits per heavy atom. The predicted molar refractivity (Wildman–Crippen MR) is 189 cm³/mol. The van der Waals surface area contributed by atoms with E-state index in [1.165, 1.54) is 27.1 Å². The number of rotatable bonds is 9. The van der Waals surface area contributed by atoms with Crippen LogP contribution in [-0.4, -0.2) is 108 Å². The second kappa shape index (κ2) is 15.3. The molecule has 13 heteroatoms. The third-order valence-electron chi connectivity index (χ3n) is 10.5. The zero-order valence-electron chi connectivity index (χ0n) is 28.0. The van der Waals surface area contributed by atoms with Crippen molar-refractivity contribution in [1.82, 2.24) is 20.0 Å². The topological polar surface area (TPSA) is 108 Å². The third kappa shape index (κ3) is 7.32. The van der Waals surface area contributed by atoms with E-state index in [0.29, 0.717) is 36.1 Å². The van der Waals surface area contributed by atoms with Crippen molar-refractivity contribution in [3.05, 3.63) is 86.7 Å². The Bertz CT molecular complexity index is 1660. The first-order chi connectivity index (χ1) is 23.6. The second-order valence-corrected chi connectivity index (χ2v) is 15.3. The fourth-order valence-corrected chi connectivity index (χ4v) is 9.64. The summed E-state index contributed by atoms with van der Waals surface area (Å²) in [6.45, 7) is 2.69. The number of dihydropyridines is 1. The lowest BCUT2D eigenvalue weighted by molar-refractivity contribution is -0.137. The van der Waals surface area contributed by atoms with Crippen LogP contribution < -0.4 is 5.32 Å². The highest BCUT2D eigenvalue weighted by atomic mass is 35.5. The van der Waals surface area contributed by atoms with Crippen LogP contribution in [0.15, 0.2) is 76.0 Å². The Morgan fingerprint density at radius 1 is 0.816 bits per heavy atom. The molecule has 4 aliphatic heterocycles. The number of nitrogens with one attached hydrogen (secondary N) is 1. The van der Waals surface area contributed by atoms with Gasteiger partial charge in [-0.2, -0.15) is 0 Å². The van der Waals surface area contributed by atoms with Crippen LogP contribution >= 0.6 is 23.2 Å². The van der Waals surface area contributed by atoms with Gasteiger partial charge < -0.3 is 24.6 Å². The first-order valence-electron chi connectivity index (χ1n) is 16.6. The van der Waals surface area contributed by atoms with Gasteiger partial charge in [-0.15, -0.1) is 0 Å². The summed E-state index contributed by atoms with van der Waals surface area (Å²) < 4.78 is 24.1. The molecule has 0 aromatic heterocycles. The van der Waals surface area contributed by atoms with Crippen molar-refractivity contribution >= 4 is 51.8 Å². The average Bonchev–Trinajstić information content (AvgIpc) is 3.29. The van der Waals surface area contributed by atoms with E-state index in [2.05, 4.69) is 22.2 Å². The number of piperidine rings is 1. The van der Waals surface area contributed by atoms with E-state index < -0.39 is 28.7 Å². The minimum absolute atomic E-state index is 0.0130. The number of ether oxygens (including phenoxy) is 2. The Morgan fingerprint density at radius 2 is 1.39 bits per heavy atom.